The fourth-order valence-electron chi connectivity index (χ4n) is 2.73. The third-order valence-electron chi connectivity index (χ3n) is 3.37. The van der Waals surface area contributed by atoms with Crippen molar-refractivity contribution in [2.45, 2.75) is 25.3 Å². The molecule has 2 bridgehead atoms. The molecule has 2 rings (SSSR count). The van der Waals surface area contributed by atoms with E-state index >= 15 is 0 Å². The summed E-state index contributed by atoms with van der Waals surface area (Å²) in [4.78, 5) is 0. The summed E-state index contributed by atoms with van der Waals surface area (Å²) in [6, 6.07) is 0.309. The third kappa shape index (κ3) is 1.34. The van der Waals surface area contributed by atoms with Crippen molar-refractivity contribution >= 4 is 17.0 Å². The minimum atomic E-state index is 0. The summed E-state index contributed by atoms with van der Waals surface area (Å²) in [5.41, 5.74) is 5.91. The maximum absolute atomic E-state index is 8.98. The molecule has 2 aliphatic carbocycles. The van der Waals surface area contributed by atoms with Gasteiger partial charge in [-0.3, -0.25) is 0 Å². The first-order chi connectivity index (χ1) is 4.83. The third-order valence-corrected chi connectivity index (χ3v) is 3.37. The number of nitrogens with two attached hydrogens (primary N) is 1. The van der Waals surface area contributed by atoms with Crippen LogP contribution in [0.5, 0.6) is 0 Å². The summed E-state index contributed by atoms with van der Waals surface area (Å²) in [5.74, 6) is 1.92. The van der Waals surface area contributed by atoms with E-state index in [9.17, 15) is 0 Å². The molecule has 0 saturated heterocycles. The first kappa shape index (κ1) is 9.49. The van der Waals surface area contributed by atoms with Crippen LogP contribution in [0, 0.1) is 17.8 Å². The van der Waals surface area contributed by atoms with Crippen LogP contribution in [0.25, 0.3) is 0 Å². The van der Waals surface area contributed by atoms with Crippen LogP contribution in [0.4, 0.5) is 0 Å². The Bertz CT molecular complexity index is 140. The van der Waals surface area contributed by atoms with Gasteiger partial charge >= 0.3 is 0 Å². The number of halogens is 1. The highest BCUT2D eigenvalue weighted by atomic mass is 79.9. The summed E-state index contributed by atoms with van der Waals surface area (Å²) in [6.07, 6.45) is 3.90. The Hall–Kier alpha value is 0.400. The van der Waals surface area contributed by atoms with E-state index in [1.807, 2.05) is 0 Å². The molecule has 3 heteroatoms. The lowest BCUT2D eigenvalue weighted by molar-refractivity contribution is 0.159. The summed E-state index contributed by atoms with van der Waals surface area (Å²) < 4.78 is 0. The first-order valence-electron chi connectivity index (χ1n) is 4.19. The summed E-state index contributed by atoms with van der Waals surface area (Å²) in [7, 11) is 0. The molecule has 0 aromatic carbocycles. The van der Waals surface area contributed by atoms with Gasteiger partial charge in [-0.15, -0.1) is 17.0 Å². The molecule has 0 aromatic heterocycles. The van der Waals surface area contributed by atoms with Crippen LogP contribution in [-0.2, 0) is 0 Å². The van der Waals surface area contributed by atoms with Gasteiger partial charge in [0.15, 0.2) is 0 Å². The van der Waals surface area contributed by atoms with E-state index in [1.165, 1.54) is 19.3 Å². The van der Waals surface area contributed by atoms with Gasteiger partial charge < -0.3 is 10.8 Å². The first-order valence-corrected chi connectivity index (χ1v) is 4.19. The Morgan fingerprint density at radius 3 is 2.27 bits per heavy atom. The normalized spacial score (nSPS) is 47.5. The molecule has 0 heterocycles. The molecule has 2 nitrogen and oxygen atoms in total. The van der Waals surface area contributed by atoms with Gasteiger partial charge in [0.1, 0.15) is 0 Å². The van der Waals surface area contributed by atoms with Gasteiger partial charge in [0.2, 0.25) is 0 Å². The van der Waals surface area contributed by atoms with Gasteiger partial charge in [0.05, 0.1) is 0 Å². The Labute approximate surface area is 77.9 Å². The smallest absolute Gasteiger partial charge is 0.0476 e. The van der Waals surface area contributed by atoms with Crippen molar-refractivity contribution in [2.75, 3.05) is 6.61 Å². The number of aliphatic hydroxyl groups excluding tert-OH is 1. The van der Waals surface area contributed by atoms with Crippen LogP contribution >= 0.6 is 17.0 Å². The molecule has 0 aliphatic heterocycles. The Kier molecular flexibility index (Phi) is 2.95. The lowest BCUT2D eigenvalue weighted by Crippen LogP contribution is -2.37. The maximum Gasteiger partial charge on any atom is 0.0476 e. The van der Waals surface area contributed by atoms with Crippen LogP contribution in [0.15, 0.2) is 0 Å². The van der Waals surface area contributed by atoms with Gasteiger partial charge in [0, 0.05) is 18.6 Å². The van der Waals surface area contributed by atoms with E-state index < -0.39 is 0 Å². The molecule has 11 heavy (non-hydrogen) atoms. The summed E-state index contributed by atoms with van der Waals surface area (Å²) in [6.45, 7) is 0.308. The number of rotatable bonds is 1. The fraction of sp³-hybridized carbons (Fsp3) is 1.00. The van der Waals surface area contributed by atoms with E-state index in [2.05, 4.69) is 0 Å². The van der Waals surface area contributed by atoms with E-state index in [0.29, 0.717) is 18.6 Å². The highest BCUT2D eigenvalue weighted by Crippen LogP contribution is 2.47. The molecule has 0 radical (unpaired) electrons. The van der Waals surface area contributed by atoms with E-state index in [0.717, 1.165) is 11.8 Å². The molecular weight excluding hydrogens is 206 g/mol. The number of hydrogen-bond acceptors (Lipinski definition) is 2. The van der Waals surface area contributed by atoms with E-state index in [-0.39, 0.29) is 17.0 Å². The molecule has 0 unspecified atom stereocenters. The molecule has 0 spiro atoms. The Morgan fingerprint density at radius 1 is 1.27 bits per heavy atom. The van der Waals surface area contributed by atoms with Crippen LogP contribution in [-0.4, -0.2) is 17.8 Å². The molecule has 0 amide bonds. The van der Waals surface area contributed by atoms with E-state index in [4.69, 9.17) is 10.8 Å². The average Bonchev–Trinajstić information content (AvgIpc) is 2.46. The average molecular weight is 222 g/mol. The van der Waals surface area contributed by atoms with Gasteiger partial charge in [-0.25, -0.2) is 0 Å². The van der Waals surface area contributed by atoms with Gasteiger partial charge in [-0.05, 0) is 31.1 Å². The second-order valence-corrected chi connectivity index (χ2v) is 3.76. The van der Waals surface area contributed by atoms with Crippen molar-refractivity contribution < 1.29 is 5.11 Å². The number of hydrogen-bond donors (Lipinski definition) is 2. The standard InChI is InChI=1S/C8H15NO.BrH/c9-8-6-2-1-5(3-6)7(8)4-10;/h5-8,10H,1-4,9H2;1H/t5-,6+,7+,8-;/m1./s1. The zero-order valence-electron chi connectivity index (χ0n) is 6.57. The second-order valence-electron chi connectivity index (χ2n) is 3.76. The molecule has 4 atom stereocenters. The number of fused-ring (bicyclic) bond motifs is 2. The molecule has 3 N–H and O–H groups in total. The summed E-state index contributed by atoms with van der Waals surface area (Å²) in [5, 5.41) is 8.98. The highest BCUT2D eigenvalue weighted by Gasteiger charge is 2.44. The lowest BCUT2D eigenvalue weighted by atomic mass is 9.86. The minimum absolute atomic E-state index is 0. The minimum Gasteiger partial charge on any atom is -0.396 e. The van der Waals surface area contributed by atoms with Crippen molar-refractivity contribution in [3.63, 3.8) is 0 Å². The molecule has 66 valence electrons. The molecule has 2 aliphatic rings. The predicted octanol–water partition coefficient (Wildman–Crippen LogP) is 0.930. The highest BCUT2D eigenvalue weighted by molar-refractivity contribution is 8.93. The van der Waals surface area contributed by atoms with Gasteiger partial charge in [-0.1, -0.05) is 0 Å². The van der Waals surface area contributed by atoms with Crippen molar-refractivity contribution in [1.29, 1.82) is 0 Å². The SMILES string of the molecule is Br.N[C@@H]1[C@H]2CC[C@H](C2)[C@@H]1CO. The van der Waals surface area contributed by atoms with Crippen LogP contribution < -0.4 is 5.73 Å². The van der Waals surface area contributed by atoms with Crippen LogP contribution in [0.2, 0.25) is 0 Å². The largest absolute Gasteiger partial charge is 0.396 e. The molecule has 2 saturated carbocycles. The van der Waals surface area contributed by atoms with Crippen molar-refractivity contribution in [3.05, 3.63) is 0 Å². The van der Waals surface area contributed by atoms with Crippen LogP contribution in [0.3, 0.4) is 0 Å². The van der Waals surface area contributed by atoms with Gasteiger partial charge in [0.25, 0.3) is 0 Å². The molecule has 0 aromatic rings. The molecule has 2 fully saturated rings. The summed E-state index contributed by atoms with van der Waals surface area (Å²) >= 11 is 0. The van der Waals surface area contributed by atoms with Crippen molar-refractivity contribution in [2.24, 2.45) is 23.5 Å². The lowest BCUT2D eigenvalue weighted by Gasteiger charge is -2.25. The van der Waals surface area contributed by atoms with Crippen molar-refractivity contribution in [1.82, 2.24) is 0 Å². The monoisotopic (exact) mass is 221 g/mol. The van der Waals surface area contributed by atoms with E-state index in [1.54, 1.807) is 0 Å². The quantitative estimate of drug-likeness (QED) is 0.693. The zero-order valence-corrected chi connectivity index (χ0v) is 8.28. The Morgan fingerprint density at radius 2 is 1.91 bits per heavy atom. The second kappa shape index (κ2) is 3.42. The van der Waals surface area contributed by atoms with Gasteiger partial charge in [-0.2, -0.15) is 0 Å². The molecular formula is C8H16BrNO. The zero-order chi connectivity index (χ0) is 7.14. The number of aliphatic hydroxyl groups is 1. The predicted molar refractivity (Wildman–Crippen MR) is 49.7 cm³/mol. The van der Waals surface area contributed by atoms with Crippen LogP contribution in [0.1, 0.15) is 19.3 Å². The maximum atomic E-state index is 8.98. The van der Waals surface area contributed by atoms with Crippen molar-refractivity contribution in [3.8, 4) is 0 Å². The Balaban J connectivity index is 0.000000605. The fourth-order valence-corrected chi connectivity index (χ4v) is 2.73. The topological polar surface area (TPSA) is 46.2 Å².